The van der Waals surface area contributed by atoms with E-state index < -0.39 is 0 Å². The van der Waals surface area contributed by atoms with Crippen molar-refractivity contribution in [2.24, 2.45) is 4.99 Å². The molecule has 0 fully saturated rings. The van der Waals surface area contributed by atoms with Crippen LogP contribution in [0.25, 0.3) is 0 Å². The van der Waals surface area contributed by atoms with Crippen molar-refractivity contribution < 1.29 is 4.79 Å². The summed E-state index contributed by atoms with van der Waals surface area (Å²) in [6, 6.07) is 0. The van der Waals surface area contributed by atoms with Crippen molar-refractivity contribution in [3.05, 3.63) is 12.0 Å². The summed E-state index contributed by atoms with van der Waals surface area (Å²) in [5.41, 5.74) is 0. The lowest BCUT2D eigenvalue weighted by Gasteiger charge is -1.98. The number of hydrogen-bond donors (Lipinski definition) is 0. The maximum Gasteiger partial charge on any atom is 0.242 e. The molecule has 0 atom stereocenters. The Morgan fingerprint density at radius 3 is 3.23 bits per heavy atom. The lowest BCUT2D eigenvalue weighted by Crippen LogP contribution is -1.98. The third-order valence-corrected chi connectivity index (χ3v) is 2.31. The van der Waals surface area contributed by atoms with Crippen molar-refractivity contribution in [2.75, 3.05) is 0 Å². The van der Waals surface area contributed by atoms with E-state index in [0.717, 1.165) is 18.8 Å². The number of carbonyl (C=O) groups excluding carboxylic acids is 1. The summed E-state index contributed by atoms with van der Waals surface area (Å²) in [5, 5.41) is 0. The van der Waals surface area contributed by atoms with Gasteiger partial charge in [0.05, 0.1) is 6.20 Å². The Kier molecular flexibility index (Phi) is 2.23. The van der Waals surface area contributed by atoms with Crippen LogP contribution in [0.15, 0.2) is 11.2 Å². The van der Waals surface area contributed by atoms with Gasteiger partial charge in [0.2, 0.25) is 6.08 Å². The van der Waals surface area contributed by atoms with E-state index >= 15 is 0 Å². The van der Waals surface area contributed by atoms with Crippen LogP contribution < -0.4 is 0 Å². The van der Waals surface area contributed by atoms with Gasteiger partial charge < -0.3 is 4.57 Å². The van der Waals surface area contributed by atoms with Gasteiger partial charge in [-0.3, -0.25) is 0 Å². The van der Waals surface area contributed by atoms with Gasteiger partial charge in [0.15, 0.2) is 5.82 Å². The van der Waals surface area contributed by atoms with Gasteiger partial charge in [0.1, 0.15) is 5.82 Å². The fourth-order valence-corrected chi connectivity index (χ4v) is 1.67. The maximum atomic E-state index is 10.0. The molecular formula is C9H11N3O. The van der Waals surface area contributed by atoms with Crippen LogP contribution in [-0.2, 0) is 17.8 Å². The Morgan fingerprint density at radius 1 is 1.46 bits per heavy atom. The van der Waals surface area contributed by atoms with E-state index in [0.29, 0.717) is 5.82 Å². The summed E-state index contributed by atoms with van der Waals surface area (Å²) in [6.07, 6.45) is 7.96. The molecule has 0 unspecified atom stereocenters. The van der Waals surface area contributed by atoms with Crippen LogP contribution in [0.3, 0.4) is 0 Å². The van der Waals surface area contributed by atoms with Crippen LogP contribution >= 0.6 is 0 Å². The summed E-state index contributed by atoms with van der Waals surface area (Å²) < 4.78 is 2.09. The fourth-order valence-electron chi connectivity index (χ4n) is 1.67. The number of fused-ring (bicyclic) bond motifs is 1. The van der Waals surface area contributed by atoms with E-state index in [1.54, 1.807) is 0 Å². The zero-order chi connectivity index (χ0) is 9.10. The van der Waals surface area contributed by atoms with Gasteiger partial charge in [-0.1, -0.05) is 6.42 Å². The molecule has 0 aliphatic carbocycles. The molecule has 0 saturated carbocycles. The average molecular weight is 177 g/mol. The number of aryl methyl sites for hydroxylation is 2. The highest BCUT2D eigenvalue weighted by Crippen LogP contribution is 2.18. The van der Waals surface area contributed by atoms with Gasteiger partial charge in [-0.15, -0.1) is 4.99 Å². The van der Waals surface area contributed by atoms with Gasteiger partial charge in [0, 0.05) is 13.0 Å². The largest absolute Gasteiger partial charge is 0.333 e. The average Bonchev–Trinajstić information content (AvgIpc) is 2.37. The van der Waals surface area contributed by atoms with Crippen molar-refractivity contribution in [1.29, 1.82) is 0 Å². The second-order valence-corrected chi connectivity index (χ2v) is 3.22. The van der Waals surface area contributed by atoms with E-state index in [1.165, 1.54) is 25.3 Å². The van der Waals surface area contributed by atoms with Crippen LogP contribution in [-0.4, -0.2) is 15.6 Å². The molecule has 1 aliphatic heterocycles. The monoisotopic (exact) mass is 177 g/mol. The molecule has 0 radical (unpaired) electrons. The van der Waals surface area contributed by atoms with Gasteiger partial charge >= 0.3 is 0 Å². The first-order valence-corrected chi connectivity index (χ1v) is 4.54. The predicted molar refractivity (Wildman–Crippen MR) is 47.6 cm³/mol. The standard InChI is InChI=1S/C9H11N3O/c13-7-10-8-6-12-5-3-1-2-4-9(12)11-8/h6H,1-5H2. The molecule has 2 heterocycles. The molecule has 1 aromatic rings. The number of nitrogens with zero attached hydrogens (tertiary/aromatic N) is 3. The Morgan fingerprint density at radius 2 is 2.38 bits per heavy atom. The van der Waals surface area contributed by atoms with Crippen molar-refractivity contribution in [3.8, 4) is 0 Å². The molecule has 4 nitrogen and oxygen atoms in total. The third kappa shape index (κ3) is 1.68. The van der Waals surface area contributed by atoms with E-state index in [4.69, 9.17) is 0 Å². The number of imidazole rings is 1. The smallest absolute Gasteiger partial charge is 0.242 e. The normalized spacial score (nSPS) is 15.7. The minimum Gasteiger partial charge on any atom is -0.333 e. The first-order chi connectivity index (χ1) is 6.40. The Balaban J connectivity index is 2.32. The quantitative estimate of drug-likeness (QED) is 0.483. The van der Waals surface area contributed by atoms with Crippen molar-refractivity contribution in [3.63, 3.8) is 0 Å². The number of aromatic nitrogens is 2. The Labute approximate surface area is 76.3 Å². The molecule has 0 aromatic carbocycles. The van der Waals surface area contributed by atoms with E-state index in [2.05, 4.69) is 14.5 Å². The second kappa shape index (κ2) is 3.54. The summed E-state index contributed by atoms with van der Waals surface area (Å²) in [4.78, 5) is 17.8. The van der Waals surface area contributed by atoms with Crippen molar-refractivity contribution >= 4 is 11.9 Å². The Bertz CT molecular complexity index is 326. The molecule has 2 rings (SSSR count). The summed E-state index contributed by atoms with van der Waals surface area (Å²) in [7, 11) is 0. The lowest BCUT2D eigenvalue weighted by atomic mass is 10.2. The summed E-state index contributed by atoms with van der Waals surface area (Å²) in [5.74, 6) is 1.54. The zero-order valence-corrected chi connectivity index (χ0v) is 7.36. The lowest BCUT2D eigenvalue weighted by molar-refractivity contribution is 0.565. The topological polar surface area (TPSA) is 47.2 Å². The summed E-state index contributed by atoms with van der Waals surface area (Å²) >= 11 is 0. The molecule has 13 heavy (non-hydrogen) atoms. The van der Waals surface area contributed by atoms with E-state index in [-0.39, 0.29) is 0 Å². The molecule has 68 valence electrons. The van der Waals surface area contributed by atoms with E-state index in [9.17, 15) is 4.79 Å². The molecule has 0 spiro atoms. The highest BCUT2D eigenvalue weighted by atomic mass is 16.1. The second-order valence-electron chi connectivity index (χ2n) is 3.22. The summed E-state index contributed by atoms with van der Waals surface area (Å²) in [6.45, 7) is 0.997. The fraction of sp³-hybridized carbons (Fsp3) is 0.556. The maximum absolute atomic E-state index is 10.0. The van der Waals surface area contributed by atoms with Crippen LogP contribution in [0.5, 0.6) is 0 Å². The van der Waals surface area contributed by atoms with Crippen molar-refractivity contribution in [1.82, 2.24) is 9.55 Å². The molecule has 0 amide bonds. The van der Waals surface area contributed by atoms with Gasteiger partial charge in [-0.25, -0.2) is 9.78 Å². The molecule has 0 saturated heterocycles. The zero-order valence-electron chi connectivity index (χ0n) is 7.36. The molecule has 1 aromatic heterocycles. The molecule has 4 heteroatoms. The molecule has 1 aliphatic rings. The minimum atomic E-state index is 0.493. The van der Waals surface area contributed by atoms with Crippen LogP contribution in [0.4, 0.5) is 5.82 Å². The first-order valence-electron chi connectivity index (χ1n) is 4.54. The SMILES string of the molecule is O=C=Nc1cn2c(n1)CCCCC2. The van der Waals surface area contributed by atoms with Gasteiger partial charge in [-0.05, 0) is 12.8 Å². The third-order valence-electron chi connectivity index (χ3n) is 2.31. The highest BCUT2D eigenvalue weighted by Gasteiger charge is 2.10. The number of rotatable bonds is 1. The number of isocyanates is 1. The highest BCUT2D eigenvalue weighted by molar-refractivity contribution is 5.43. The molecule has 0 bridgehead atoms. The van der Waals surface area contributed by atoms with Crippen molar-refractivity contribution in [2.45, 2.75) is 32.2 Å². The van der Waals surface area contributed by atoms with Gasteiger partial charge in [-0.2, -0.15) is 0 Å². The van der Waals surface area contributed by atoms with Crippen LogP contribution in [0.2, 0.25) is 0 Å². The number of aliphatic imine (C=N–C) groups is 1. The first kappa shape index (κ1) is 8.20. The Hall–Kier alpha value is -1.41. The van der Waals surface area contributed by atoms with Crippen LogP contribution in [0.1, 0.15) is 25.1 Å². The predicted octanol–water partition coefficient (Wildman–Crippen LogP) is 1.58. The molecular weight excluding hydrogens is 166 g/mol. The van der Waals surface area contributed by atoms with Gasteiger partial charge in [0.25, 0.3) is 0 Å². The number of hydrogen-bond acceptors (Lipinski definition) is 3. The van der Waals surface area contributed by atoms with E-state index in [1.807, 2.05) is 6.20 Å². The minimum absolute atomic E-state index is 0.493. The molecule has 0 N–H and O–H groups in total. The van der Waals surface area contributed by atoms with Crippen LogP contribution in [0, 0.1) is 0 Å².